The van der Waals surface area contributed by atoms with Crippen molar-refractivity contribution in [1.82, 2.24) is 0 Å². The molecule has 0 atom stereocenters. The maximum absolute atomic E-state index is 9.64. The number of phenolic OH excluding ortho intramolecular Hbond substituents is 1. The second kappa shape index (κ2) is 7.34. The fourth-order valence-corrected chi connectivity index (χ4v) is 1.70. The molecule has 0 aliphatic heterocycles. The molecule has 0 aliphatic rings. The number of hydrogen-bond acceptors (Lipinski definition) is 3. The monoisotopic (exact) mass is 269 g/mol. The molecule has 0 saturated carbocycles. The van der Waals surface area contributed by atoms with Crippen LogP contribution in [0, 0.1) is 0 Å². The first kappa shape index (κ1) is 14.1. The van der Waals surface area contributed by atoms with Crippen LogP contribution in [0.5, 0.6) is 11.5 Å². The molecule has 0 radical (unpaired) electrons. The van der Waals surface area contributed by atoms with Crippen LogP contribution in [-0.2, 0) is 0 Å². The normalized spacial score (nSPS) is 10.8. The minimum Gasteiger partial charge on any atom is -0.507 e. The van der Waals surface area contributed by atoms with Crippen molar-refractivity contribution < 1.29 is 9.84 Å². The summed E-state index contributed by atoms with van der Waals surface area (Å²) in [6.45, 7) is 2.89. The van der Waals surface area contributed by atoms with Gasteiger partial charge in [0.25, 0.3) is 0 Å². The summed E-state index contributed by atoms with van der Waals surface area (Å²) < 4.78 is 5.59. The van der Waals surface area contributed by atoms with Gasteiger partial charge in [-0.1, -0.05) is 25.5 Å². The van der Waals surface area contributed by atoms with E-state index < -0.39 is 0 Å². The second-order valence-electron chi connectivity index (χ2n) is 4.51. The van der Waals surface area contributed by atoms with E-state index in [1.54, 1.807) is 18.3 Å². The van der Waals surface area contributed by atoms with Crippen molar-refractivity contribution in [1.29, 1.82) is 0 Å². The highest BCUT2D eigenvalue weighted by Crippen LogP contribution is 2.19. The zero-order chi connectivity index (χ0) is 14.2. The summed E-state index contributed by atoms with van der Waals surface area (Å²) in [6.07, 6.45) is 3.85. The Morgan fingerprint density at radius 1 is 1.10 bits per heavy atom. The molecule has 0 bridgehead atoms. The average Bonchev–Trinajstić information content (AvgIpc) is 2.48. The Bertz CT molecular complexity index is 561. The fourth-order valence-electron chi connectivity index (χ4n) is 1.70. The SMILES string of the molecule is CCCCOc1ccc(N=Cc2ccccc2O)cc1. The van der Waals surface area contributed by atoms with Crippen LogP contribution in [0.25, 0.3) is 0 Å². The molecule has 0 spiro atoms. The summed E-state index contributed by atoms with van der Waals surface area (Å²) in [7, 11) is 0. The van der Waals surface area contributed by atoms with E-state index in [9.17, 15) is 5.11 Å². The van der Waals surface area contributed by atoms with Crippen molar-refractivity contribution in [2.75, 3.05) is 6.61 Å². The van der Waals surface area contributed by atoms with Crippen molar-refractivity contribution in [3.05, 3.63) is 54.1 Å². The van der Waals surface area contributed by atoms with Gasteiger partial charge >= 0.3 is 0 Å². The maximum Gasteiger partial charge on any atom is 0.124 e. The average molecular weight is 269 g/mol. The van der Waals surface area contributed by atoms with Gasteiger partial charge in [-0.25, -0.2) is 0 Å². The van der Waals surface area contributed by atoms with E-state index in [0.717, 1.165) is 30.9 Å². The Morgan fingerprint density at radius 2 is 1.85 bits per heavy atom. The molecule has 2 aromatic rings. The van der Waals surface area contributed by atoms with Gasteiger partial charge in [-0.3, -0.25) is 4.99 Å². The number of aliphatic imine (C=N–C) groups is 1. The van der Waals surface area contributed by atoms with E-state index in [-0.39, 0.29) is 5.75 Å². The second-order valence-corrected chi connectivity index (χ2v) is 4.51. The highest BCUT2D eigenvalue weighted by Gasteiger charge is 1.96. The number of aromatic hydroxyl groups is 1. The van der Waals surface area contributed by atoms with Crippen LogP contribution in [0.2, 0.25) is 0 Å². The molecule has 0 fully saturated rings. The lowest BCUT2D eigenvalue weighted by molar-refractivity contribution is 0.309. The molecule has 0 heterocycles. The van der Waals surface area contributed by atoms with Gasteiger partial charge in [0.15, 0.2) is 0 Å². The molecule has 20 heavy (non-hydrogen) atoms. The first-order valence-electron chi connectivity index (χ1n) is 6.84. The van der Waals surface area contributed by atoms with E-state index in [1.165, 1.54) is 0 Å². The Kier molecular flexibility index (Phi) is 5.18. The molecule has 3 nitrogen and oxygen atoms in total. The van der Waals surface area contributed by atoms with Gasteiger partial charge in [0, 0.05) is 11.8 Å². The van der Waals surface area contributed by atoms with Crippen molar-refractivity contribution in [2.45, 2.75) is 19.8 Å². The van der Waals surface area contributed by atoms with Crippen molar-refractivity contribution in [3.63, 3.8) is 0 Å². The van der Waals surface area contributed by atoms with Gasteiger partial charge in [-0.15, -0.1) is 0 Å². The van der Waals surface area contributed by atoms with Crippen LogP contribution >= 0.6 is 0 Å². The van der Waals surface area contributed by atoms with E-state index in [0.29, 0.717) is 5.56 Å². The molecule has 3 heteroatoms. The van der Waals surface area contributed by atoms with Gasteiger partial charge in [-0.2, -0.15) is 0 Å². The van der Waals surface area contributed by atoms with Crippen LogP contribution < -0.4 is 4.74 Å². The molecule has 1 N–H and O–H groups in total. The molecule has 0 saturated heterocycles. The summed E-state index contributed by atoms with van der Waals surface area (Å²) in [5, 5.41) is 9.64. The molecule has 0 aliphatic carbocycles. The van der Waals surface area contributed by atoms with Crippen molar-refractivity contribution in [3.8, 4) is 11.5 Å². The Morgan fingerprint density at radius 3 is 2.55 bits per heavy atom. The lowest BCUT2D eigenvalue weighted by Crippen LogP contribution is -1.95. The van der Waals surface area contributed by atoms with E-state index in [2.05, 4.69) is 11.9 Å². The third kappa shape index (κ3) is 4.12. The van der Waals surface area contributed by atoms with Crippen LogP contribution in [0.4, 0.5) is 5.69 Å². The molecule has 2 rings (SSSR count). The van der Waals surface area contributed by atoms with E-state index in [1.807, 2.05) is 36.4 Å². The lowest BCUT2D eigenvalue weighted by Gasteiger charge is -2.04. The van der Waals surface area contributed by atoms with Crippen LogP contribution in [0.15, 0.2) is 53.5 Å². The summed E-state index contributed by atoms with van der Waals surface area (Å²) in [4.78, 5) is 4.33. The standard InChI is InChI=1S/C17H19NO2/c1-2-3-12-20-16-10-8-15(9-11-16)18-13-14-6-4-5-7-17(14)19/h4-11,13,19H,2-3,12H2,1H3. The lowest BCUT2D eigenvalue weighted by atomic mass is 10.2. The topological polar surface area (TPSA) is 41.8 Å². The number of phenols is 1. The first-order chi connectivity index (χ1) is 9.79. The quantitative estimate of drug-likeness (QED) is 0.626. The van der Waals surface area contributed by atoms with Crippen LogP contribution in [0.1, 0.15) is 25.3 Å². The number of nitrogens with zero attached hydrogens (tertiary/aromatic N) is 1. The first-order valence-corrected chi connectivity index (χ1v) is 6.84. The predicted octanol–water partition coefficient (Wildman–Crippen LogP) is 4.32. The fraction of sp³-hybridized carbons (Fsp3) is 0.235. The van der Waals surface area contributed by atoms with Gasteiger partial charge in [0.2, 0.25) is 0 Å². The number of unbranched alkanes of at least 4 members (excludes halogenated alkanes) is 1. The van der Waals surface area contributed by atoms with Crippen molar-refractivity contribution in [2.24, 2.45) is 4.99 Å². The number of para-hydroxylation sites is 1. The van der Waals surface area contributed by atoms with Gasteiger partial charge in [0.1, 0.15) is 11.5 Å². The number of hydrogen-bond donors (Lipinski definition) is 1. The number of benzene rings is 2. The summed E-state index contributed by atoms with van der Waals surface area (Å²) in [5.74, 6) is 1.09. The summed E-state index contributed by atoms with van der Waals surface area (Å²) in [5.41, 5.74) is 1.53. The predicted molar refractivity (Wildman–Crippen MR) is 82.2 cm³/mol. The Labute approximate surface area is 119 Å². The molecule has 104 valence electrons. The number of rotatable bonds is 6. The third-order valence-corrected chi connectivity index (χ3v) is 2.89. The summed E-state index contributed by atoms with van der Waals surface area (Å²) >= 11 is 0. The Hall–Kier alpha value is -2.29. The highest BCUT2D eigenvalue weighted by molar-refractivity contribution is 5.85. The molecule has 0 amide bonds. The van der Waals surface area contributed by atoms with Crippen LogP contribution in [0.3, 0.4) is 0 Å². The van der Waals surface area contributed by atoms with E-state index in [4.69, 9.17) is 4.74 Å². The highest BCUT2D eigenvalue weighted by atomic mass is 16.5. The minimum absolute atomic E-state index is 0.232. The Balaban J connectivity index is 1.98. The molecular weight excluding hydrogens is 250 g/mol. The smallest absolute Gasteiger partial charge is 0.124 e. The van der Waals surface area contributed by atoms with Gasteiger partial charge in [-0.05, 0) is 42.8 Å². The van der Waals surface area contributed by atoms with Gasteiger partial charge in [0.05, 0.1) is 12.3 Å². The minimum atomic E-state index is 0.232. The maximum atomic E-state index is 9.64. The molecular formula is C17H19NO2. The molecule has 0 aromatic heterocycles. The largest absolute Gasteiger partial charge is 0.507 e. The number of ether oxygens (including phenoxy) is 1. The zero-order valence-electron chi connectivity index (χ0n) is 11.6. The zero-order valence-corrected chi connectivity index (χ0v) is 11.6. The third-order valence-electron chi connectivity index (χ3n) is 2.89. The van der Waals surface area contributed by atoms with Crippen molar-refractivity contribution >= 4 is 11.9 Å². The van der Waals surface area contributed by atoms with Crippen LogP contribution in [-0.4, -0.2) is 17.9 Å². The van der Waals surface area contributed by atoms with E-state index >= 15 is 0 Å². The van der Waals surface area contributed by atoms with Gasteiger partial charge < -0.3 is 9.84 Å². The summed E-state index contributed by atoms with van der Waals surface area (Å²) in [6, 6.07) is 14.7. The molecule has 0 unspecified atom stereocenters. The molecule has 2 aromatic carbocycles.